The fourth-order valence-electron chi connectivity index (χ4n) is 1.58. The SMILES string of the molecule is CCCN(CCN(C)C)c1nc(C(N)C(=O)O)cs1. The van der Waals surface area contributed by atoms with Crippen molar-refractivity contribution in [3.8, 4) is 0 Å². The fourth-order valence-corrected chi connectivity index (χ4v) is 2.50. The minimum absolute atomic E-state index is 0.429. The molecule has 0 fully saturated rings. The van der Waals surface area contributed by atoms with Crippen LogP contribution < -0.4 is 10.6 Å². The highest BCUT2D eigenvalue weighted by Crippen LogP contribution is 2.23. The number of carbonyl (C=O) groups is 1. The molecule has 1 rings (SSSR count). The average molecular weight is 286 g/mol. The molecule has 0 saturated carbocycles. The molecule has 1 unspecified atom stereocenters. The lowest BCUT2D eigenvalue weighted by atomic mass is 10.2. The number of anilines is 1. The number of aromatic nitrogens is 1. The molecule has 0 aliphatic rings. The third kappa shape index (κ3) is 4.77. The van der Waals surface area contributed by atoms with Crippen LogP contribution in [0.5, 0.6) is 0 Å². The van der Waals surface area contributed by atoms with Crippen LogP contribution in [0.1, 0.15) is 25.1 Å². The Hall–Kier alpha value is -1.18. The lowest BCUT2D eigenvalue weighted by Crippen LogP contribution is -2.32. The summed E-state index contributed by atoms with van der Waals surface area (Å²) in [6.07, 6.45) is 1.02. The molecule has 7 heteroatoms. The van der Waals surface area contributed by atoms with E-state index in [2.05, 4.69) is 21.7 Å². The van der Waals surface area contributed by atoms with Crippen molar-refractivity contribution >= 4 is 22.4 Å². The molecule has 1 atom stereocenters. The summed E-state index contributed by atoms with van der Waals surface area (Å²) in [5.41, 5.74) is 5.99. The maximum absolute atomic E-state index is 10.8. The van der Waals surface area contributed by atoms with Gasteiger partial charge in [-0.1, -0.05) is 6.92 Å². The minimum atomic E-state index is -1.05. The number of likely N-dealkylation sites (N-methyl/N-ethyl adjacent to an activating group) is 1. The van der Waals surface area contributed by atoms with Crippen LogP contribution in [0, 0.1) is 0 Å². The summed E-state index contributed by atoms with van der Waals surface area (Å²) in [5.74, 6) is -1.05. The molecule has 1 heterocycles. The Morgan fingerprint density at radius 3 is 2.68 bits per heavy atom. The lowest BCUT2D eigenvalue weighted by molar-refractivity contribution is -0.138. The van der Waals surface area contributed by atoms with Crippen LogP contribution in [0.15, 0.2) is 5.38 Å². The van der Waals surface area contributed by atoms with Gasteiger partial charge in [-0.2, -0.15) is 0 Å². The molecule has 0 aromatic carbocycles. The zero-order chi connectivity index (χ0) is 14.4. The zero-order valence-electron chi connectivity index (χ0n) is 11.7. The second-order valence-electron chi connectivity index (χ2n) is 4.66. The number of nitrogens with zero attached hydrogens (tertiary/aromatic N) is 3. The summed E-state index contributed by atoms with van der Waals surface area (Å²) in [5, 5.41) is 11.5. The van der Waals surface area contributed by atoms with E-state index in [4.69, 9.17) is 10.8 Å². The van der Waals surface area contributed by atoms with E-state index in [1.165, 1.54) is 11.3 Å². The van der Waals surface area contributed by atoms with Crippen molar-refractivity contribution in [1.29, 1.82) is 0 Å². The Balaban J connectivity index is 2.76. The first-order chi connectivity index (χ1) is 8.95. The summed E-state index contributed by atoms with van der Waals surface area (Å²) < 4.78 is 0. The van der Waals surface area contributed by atoms with E-state index in [1.54, 1.807) is 5.38 Å². The van der Waals surface area contributed by atoms with Crippen LogP contribution in [0.3, 0.4) is 0 Å². The van der Waals surface area contributed by atoms with Gasteiger partial charge < -0.3 is 20.6 Å². The Labute approximate surface area is 117 Å². The number of rotatable bonds is 8. The van der Waals surface area contributed by atoms with Gasteiger partial charge in [0.05, 0.1) is 5.69 Å². The molecule has 3 N–H and O–H groups in total. The van der Waals surface area contributed by atoms with Crippen LogP contribution in [0.2, 0.25) is 0 Å². The molecule has 0 radical (unpaired) electrons. The van der Waals surface area contributed by atoms with Crippen LogP contribution in [-0.4, -0.2) is 54.7 Å². The van der Waals surface area contributed by atoms with Crippen molar-refractivity contribution in [1.82, 2.24) is 9.88 Å². The van der Waals surface area contributed by atoms with Crippen LogP contribution in [0.25, 0.3) is 0 Å². The smallest absolute Gasteiger partial charge is 0.326 e. The molecule has 0 saturated heterocycles. The third-order valence-corrected chi connectivity index (χ3v) is 3.60. The van der Waals surface area contributed by atoms with Gasteiger partial charge in [0.25, 0.3) is 0 Å². The van der Waals surface area contributed by atoms with Gasteiger partial charge in [0.2, 0.25) is 0 Å². The zero-order valence-corrected chi connectivity index (χ0v) is 12.5. The van der Waals surface area contributed by atoms with E-state index < -0.39 is 12.0 Å². The lowest BCUT2D eigenvalue weighted by Gasteiger charge is -2.23. The van der Waals surface area contributed by atoms with E-state index in [0.29, 0.717) is 5.69 Å². The van der Waals surface area contributed by atoms with Crippen molar-refractivity contribution in [3.63, 3.8) is 0 Å². The predicted octanol–water partition coefficient (Wildman–Crippen LogP) is 1.01. The number of hydrogen-bond donors (Lipinski definition) is 2. The standard InChI is InChI=1S/C12H22N4O2S/c1-4-5-16(7-6-15(2)3)12-14-9(8-19-12)10(13)11(17)18/h8,10H,4-7,13H2,1-3H3,(H,17,18). The highest BCUT2D eigenvalue weighted by atomic mass is 32.1. The number of carboxylic acid groups (broad SMARTS) is 1. The van der Waals surface area contributed by atoms with E-state index >= 15 is 0 Å². The maximum Gasteiger partial charge on any atom is 0.326 e. The van der Waals surface area contributed by atoms with Gasteiger partial charge >= 0.3 is 5.97 Å². The third-order valence-electron chi connectivity index (χ3n) is 2.68. The number of thiazole rings is 1. The fraction of sp³-hybridized carbons (Fsp3) is 0.667. The van der Waals surface area contributed by atoms with E-state index in [-0.39, 0.29) is 0 Å². The molecular weight excluding hydrogens is 264 g/mol. The molecule has 0 spiro atoms. The molecule has 0 aliphatic heterocycles. The summed E-state index contributed by atoms with van der Waals surface area (Å²) >= 11 is 1.45. The first-order valence-electron chi connectivity index (χ1n) is 6.29. The largest absolute Gasteiger partial charge is 0.480 e. The molecule has 1 aromatic heterocycles. The van der Waals surface area contributed by atoms with Crippen molar-refractivity contribution in [2.24, 2.45) is 5.73 Å². The van der Waals surface area contributed by atoms with Crippen molar-refractivity contribution in [3.05, 3.63) is 11.1 Å². The van der Waals surface area contributed by atoms with Gasteiger partial charge in [0.15, 0.2) is 5.13 Å². The maximum atomic E-state index is 10.8. The number of hydrogen-bond acceptors (Lipinski definition) is 6. The summed E-state index contributed by atoms with van der Waals surface area (Å²) in [4.78, 5) is 19.5. The Morgan fingerprint density at radius 1 is 1.47 bits per heavy atom. The molecule has 6 nitrogen and oxygen atoms in total. The molecule has 0 bridgehead atoms. The minimum Gasteiger partial charge on any atom is -0.480 e. The molecule has 19 heavy (non-hydrogen) atoms. The highest BCUT2D eigenvalue weighted by Gasteiger charge is 2.19. The first-order valence-corrected chi connectivity index (χ1v) is 7.17. The van der Waals surface area contributed by atoms with Crippen LogP contribution >= 0.6 is 11.3 Å². The molecule has 0 aliphatic carbocycles. The topological polar surface area (TPSA) is 82.7 Å². The number of carboxylic acids is 1. The van der Waals surface area contributed by atoms with Gasteiger partial charge in [-0.05, 0) is 20.5 Å². The summed E-state index contributed by atoms with van der Waals surface area (Å²) in [6, 6.07) is -1.04. The summed E-state index contributed by atoms with van der Waals surface area (Å²) in [7, 11) is 4.05. The normalized spacial score (nSPS) is 12.7. The molecule has 108 valence electrons. The van der Waals surface area contributed by atoms with Gasteiger partial charge in [0.1, 0.15) is 6.04 Å². The molecule has 0 amide bonds. The second kappa shape index (κ2) is 7.42. The predicted molar refractivity (Wildman–Crippen MR) is 77.7 cm³/mol. The van der Waals surface area contributed by atoms with Gasteiger partial charge in [-0.15, -0.1) is 11.3 Å². The van der Waals surface area contributed by atoms with E-state index in [0.717, 1.165) is 31.2 Å². The van der Waals surface area contributed by atoms with Crippen molar-refractivity contribution in [2.45, 2.75) is 19.4 Å². The Kier molecular flexibility index (Phi) is 6.20. The number of aliphatic carboxylic acids is 1. The summed E-state index contributed by atoms with van der Waals surface area (Å²) in [6.45, 7) is 4.82. The molecular formula is C12H22N4O2S. The Bertz CT molecular complexity index is 408. The van der Waals surface area contributed by atoms with Gasteiger partial charge in [0, 0.05) is 25.0 Å². The van der Waals surface area contributed by atoms with Crippen molar-refractivity contribution in [2.75, 3.05) is 38.6 Å². The first kappa shape index (κ1) is 15.9. The highest BCUT2D eigenvalue weighted by molar-refractivity contribution is 7.13. The Morgan fingerprint density at radius 2 is 2.16 bits per heavy atom. The monoisotopic (exact) mass is 286 g/mol. The molecule has 1 aromatic rings. The van der Waals surface area contributed by atoms with Crippen LogP contribution in [0.4, 0.5) is 5.13 Å². The van der Waals surface area contributed by atoms with Crippen molar-refractivity contribution < 1.29 is 9.90 Å². The second-order valence-corrected chi connectivity index (χ2v) is 5.50. The van der Waals surface area contributed by atoms with E-state index in [1.807, 2.05) is 14.1 Å². The van der Waals surface area contributed by atoms with Crippen LogP contribution in [-0.2, 0) is 4.79 Å². The van der Waals surface area contributed by atoms with E-state index in [9.17, 15) is 4.79 Å². The average Bonchev–Trinajstić information content (AvgIpc) is 2.82. The quantitative estimate of drug-likeness (QED) is 0.742. The van der Waals surface area contributed by atoms with Gasteiger partial charge in [-0.25, -0.2) is 4.98 Å². The van der Waals surface area contributed by atoms with Gasteiger partial charge in [-0.3, -0.25) is 4.79 Å². The number of nitrogens with two attached hydrogens (primary N) is 1.